The number of hydrogen-bond acceptors (Lipinski definition) is 3. The molecule has 2 aliphatic carbocycles. The number of nitrogens with zero attached hydrogens (tertiary/aromatic N) is 2. The molecule has 148 valence electrons. The van der Waals surface area contributed by atoms with Crippen LogP contribution in [0.25, 0.3) is 0 Å². The summed E-state index contributed by atoms with van der Waals surface area (Å²) in [6, 6.07) is 0.922. The lowest BCUT2D eigenvalue weighted by molar-refractivity contribution is -0.171. The number of hydrogen-bond donors (Lipinski definition) is 2. The second-order valence-electron chi connectivity index (χ2n) is 8.20. The van der Waals surface area contributed by atoms with Crippen molar-refractivity contribution in [1.29, 1.82) is 0 Å². The predicted molar refractivity (Wildman–Crippen MR) is 113 cm³/mol. The van der Waals surface area contributed by atoms with Crippen molar-refractivity contribution in [1.82, 2.24) is 15.5 Å². The van der Waals surface area contributed by atoms with Gasteiger partial charge in [-0.15, -0.1) is 24.0 Å². The molecule has 2 N–H and O–H groups in total. The van der Waals surface area contributed by atoms with Gasteiger partial charge >= 0.3 is 0 Å². The summed E-state index contributed by atoms with van der Waals surface area (Å²) >= 11 is 0. The van der Waals surface area contributed by atoms with Crippen molar-refractivity contribution in [2.75, 3.05) is 26.2 Å². The molecule has 0 aromatic rings. The molecule has 0 aromatic heterocycles. The van der Waals surface area contributed by atoms with Crippen molar-refractivity contribution in [3.8, 4) is 0 Å². The second-order valence-corrected chi connectivity index (χ2v) is 8.20. The number of guanidine groups is 1. The molecule has 0 radical (unpaired) electrons. The van der Waals surface area contributed by atoms with Gasteiger partial charge in [0.1, 0.15) is 0 Å². The maximum Gasteiger partial charge on any atom is 0.219 e. The molecule has 6 nitrogen and oxygen atoms in total. The molecule has 7 heteroatoms. The highest BCUT2D eigenvalue weighted by Crippen LogP contribution is 2.62. The highest BCUT2D eigenvalue weighted by atomic mass is 127. The van der Waals surface area contributed by atoms with E-state index in [1.54, 1.807) is 6.92 Å². The lowest BCUT2D eigenvalue weighted by Gasteiger charge is -2.63. The third-order valence-corrected chi connectivity index (χ3v) is 6.93. The zero-order chi connectivity index (χ0) is 17.4. The average Bonchev–Trinajstić information content (AvgIpc) is 2.97. The summed E-state index contributed by atoms with van der Waals surface area (Å²) in [5.41, 5.74) is 0.370. The number of aliphatic imine (C=N–C) groups is 1. The van der Waals surface area contributed by atoms with Gasteiger partial charge in [-0.2, -0.15) is 0 Å². The highest BCUT2D eigenvalue weighted by molar-refractivity contribution is 14.0. The van der Waals surface area contributed by atoms with E-state index in [2.05, 4.69) is 17.6 Å². The van der Waals surface area contributed by atoms with Crippen LogP contribution in [-0.4, -0.2) is 61.2 Å². The van der Waals surface area contributed by atoms with Crippen LogP contribution >= 0.6 is 24.0 Å². The number of likely N-dealkylation sites (tertiary alicyclic amines) is 1. The Morgan fingerprint density at radius 3 is 2.54 bits per heavy atom. The fraction of sp³-hybridized carbons (Fsp3) is 0.895. The van der Waals surface area contributed by atoms with Gasteiger partial charge in [0.15, 0.2) is 5.96 Å². The first-order valence-electron chi connectivity index (χ1n) is 10.1. The monoisotopic (exact) mass is 476 g/mol. The fourth-order valence-corrected chi connectivity index (χ4v) is 5.43. The summed E-state index contributed by atoms with van der Waals surface area (Å²) in [4.78, 5) is 18.1. The van der Waals surface area contributed by atoms with E-state index in [1.807, 2.05) is 4.90 Å². The topological polar surface area (TPSA) is 66.0 Å². The lowest BCUT2D eigenvalue weighted by Crippen LogP contribution is -2.72. The van der Waals surface area contributed by atoms with E-state index in [0.29, 0.717) is 29.5 Å². The van der Waals surface area contributed by atoms with Crippen molar-refractivity contribution in [2.45, 2.75) is 70.6 Å². The third-order valence-electron chi connectivity index (χ3n) is 6.93. The highest BCUT2D eigenvalue weighted by Gasteiger charge is 2.66. The molecule has 1 amide bonds. The first-order chi connectivity index (χ1) is 12.1. The van der Waals surface area contributed by atoms with Gasteiger partial charge in [-0.3, -0.25) is 9.79 Å². The lowest BCUT2D eigenvalue weighted by atomic mass is 9.46. The van der Waals surface area contributed by atoms with Gasteiger partial charge in [-0.25, -0.2) is 0 Å². The Hall–Kier alpha value is -0.570. The standard InChI is InChI=1S/C19H32N4O2.HI/c1-3-20-18(21-14-5-10-23(11-6-14)13(2)24)22-16-15-7-12-25-17(15)19(16)8-4-9-19;/h14-17H,3-12H2,1-2H3,(H2,20,21,22);1H. The molecule has 2 aliphatic heterocycles. The van der Waals surface area contributed by atoms with Gasteiger partial charge in [0.2, 0.25) is 5.91 Å². The van der Waals surface area contributed by atoms with Gasteiger partial charge in [0, 0.05) is 56.6 Å². The van der Waals surface area contributed by atoms with Gasteiger partial charge in [0.05, 0.1) is 6.10 Å². The normalized spacial score (nSPS) is 32.9. The van der Waals surface area contributed by atoms with Crippen molar-refractivity contribution in [3.63, 3.8) is 0 Å². The summed E-state index contributed by atoms with van der Waals surface area (Å²) < 4.78 is 6.03. The van der Waals surface area contributed by atoms with Crippen molar-refractivity contribution >= 4 is 35.8 Å². The van der Waals surface area contributed by atoms with Gasteiger partial charge < -0.3 is 20.3 Å². The summed E-state index contributed by atoms with van der Waals surface area (Å²) in [7, 11) is 0. The molecule has 3 atom stereocenters. The first kappa shape index (κ1) is 20.2. The van der Waals surface area contributed by atoms with Crippen LogP contribution in [0.1, 0.15) is 52.4 Å². The Balaban J connectivity index is 0.00000196. The van der Waals surface area contributed by atoms with Crippen LogP contribution in [0.4, 0.5) is 0 Å². The number of ether oxygens (including phenoxy) is 1. The molecule has 1 spiro atoms. The van der Waals surface area contributed by atoms with Crippen LogP contribution in [-0.2, 0) is 9.53 Å². The molecular formula is C19H33IN4O2. The number of carbonyl (C=O) groups excluding carboxylic acids is 1. The summed E-state index contributed by atoms with van der Waals surface area (Å²) in [5.74, 6) is 1.81. The SMILES string of the molecule is CCN=C(NC1CCN(C(C)=O)CC1)NC1C2CCOC2C12CCC2.I. The molecule has 26 heavy (non-hydrogen) atoms. The average molecular weight is 476 g/mol. The minimum absolute atomic E-state index is 0. The molecule has 4 aliphatic rings. The molecule has 4 rings (SSSR count). The number of piperidine rings is 1. The largest absolute Gasteiger partial charge is 0.377 e. The van der Waals surface area contributed by atoms with Crippen LogP contribution < -0.4 is 10.6 Å². The molecule has 2 saturated heterocycles. The zero-order valence-electron chi connectivity index (χ0n) is 16.0. The van der Waals surface area contributed by atoms with E-state index in [-0.39, 0.29) is 29.9 Å². The van der Waals surface area contributed by atoms with Crippen LogP contribution in [0.3, 0.4) is 0 Å². The summed E-state index contributed by atoms with van der Waals surface area (Å²) in [6.45, 7) is 7.14. The van der Waals surface area contributed by atoms with E-state index in [0.717, 1.165) is 45.0 Å². The van der Waals surface area contributed by atoms with Crippen molar-refractivity contribution < 1.29 is 9.53 Å². The Morgan fingerprint density at radius 1 is 1.23 bits per heavy atom. The maximum absolute atomic E-state index is 11.5. The molecule has 2 saturated carbocycles. The smallest absolute Gasteiger partial charge is 0.219 e. The summed E-state index contributed by atoms with van der Waals surface area (Å²) in [6.07, 6.45) is 7.58. The second kappa shape index (κ2) is 8.20. The number of rotatable bonds is 3. The molecule has 0 aromatic carbocycles. The van der Waals surface area contributed by atoms with Crippen LogP contribution in [0, 0.1) is 11.3 Å². The van der Waals surface area contributed by atoms with E-state index >= 15 is 0 Å². The Bertz CT molecular complexity index is 544. The van der Waals surface area contributed by atoms with Gasteiger partial charge in [-0.05, 0) is 39.0 Å². The van der Waals surface area contributed by atoms with Crippen molar-refractivity contribution in [3.05, 3.63) is 0 Å². The molecule has 2 heterocycles. The molecular weight excluding hydrogens is 443 g/mol. The third kappa shape index (κ3) is 3.45. The van der Waals surface area contributed by atoms with E-state index < -0.39 is 0 Å². The summed E-state index contributed by atoms with van der Waals surface area (Å²) in [5, 5.41) is 7.42. The van der Waals surface area contributed by atoms with Gasteiger partial charge in [-0.1, -0.05) is 6.42 Å². The fourth-order valence-electron chi connectivity index (χ4n) is 5.43. The number of fused-ring (bicyclic) bond motifs is 2. The molecule has 4 fully saturated rings. The van der Waals surface area contributed by atoms with E-state index in [4.69, 9.17) is 9.73 Å². The number of nitrogens with one attached hydrogen (secondary N) is 2. The molecule has 0 bridgehead atoms. The zero-order valence-corrected chi connectivity index (χ0v) is 18.3. The minimum Gasteiger partial charge on any atom is -0.377 e. The van der Waals surface area contributed by atoms with Crippen molar-refractivity contribution in [2.24, 2.45) is 16.3 Å². The Morgan fingerprint density at radius 2 is 1.96 bits per heavy atom. The quantitative estimate of drug-likeness (QED) is 0.372. The first-order valence-corrected chi connectivity index (χ1v) is 10.1. The Kier molecular flexibility index (Phi) is 6.37. The van der Waals surface area contributed by atoms with E-state index in [9.17, 15) is 4.79 Å². The number of carbonyl (C=O) groups is 1. The van der Waals surface area contributed by atoms with Crippen LogP contribution in [0.15, 0.2) is 4.99 Å². The van der Waals surface area contributed by atoms with Crippen LogP contribution in [0.5, 0.6) is 0 Å². The maximum atomic E-state index is 11.5. The van der Waals surface area contributed by atoms with Crippen LogP contribution in [0.2, 0.25) is 0 Å². The molecule has 3 unspecified atom stereocenters. The number of halogens is 1. The predicted octanol–water partition coefficient (Wildman–Crippen LogP) is 2.13. The van der Waals surface area contributed by atoms with E-state index in [1.165, 1.54) is 25.7 Å². The van der Waals surface area contributed by atoms with Gasteiger partial charge in [0.25, 0.3) is 0 Å². The Labute approximate surface area is 173 Å². The minimum atomic E-state index is 0. The number of amides is 1.